The Kier molecular flexibility index (Phi) is 7.74. The van der Waals surface area contributed by atoms with Crippen LogP contribution in [0.25, 0.3) is 65.7 Å². The Morgan fingerprint density at radius 2 is 1.02 bits per heavy atom. The Hall–Kier alpha value is -5.66. The minimum Gasteiger partial charge on any atom is -0.497 e. The van der Waals surface area contributed by atoms with Gasteiger partial charge in [0.25, 0.3) is 0 Å². The van der Waals surface area contributed by atoms with Crippen LogP contribution in [0.2, 0.25) is 0 Å². The quantitative estimate of drug-likeness (QED) is 0.162. The molecule has 0 spiro atoms. The molecule has 0 N–H and O–H groups in total. The van der Waals surface area contributed by atoms with E-state index in [4.69, 9.17) is 4.74 Å². The molecule has 8 aromatic carbocycles. The second-order valence-electron chi connectivity index (χ2n) is 13.0. The molecule has 1 heteroatoms. The summed E-state index contributed by atoms with van der Waals surface area (Å²) in [5, 5.41) is 7.57. The molecule has 232 valence electrons. The van der Waals surface area contributed by atoms with Gasteiger partial charge >= 0.3 is 0 Å². The van der Waals surface area contributed by atoms with Gasteiger partial charge in [0.15, 0.2) is 0 Å². The Balaban J connectivity index is 1.19. The lowest BCUT2D eigenvalue weighted by Crippen LogP contribution is -2.01. The van der Waals surface area contributed by atoms with E-state index in [1.807, 2.05) is 12.1 Å². The van der Waals surface area contributed by atoms with E-state index in [9.17, 15) is 0 Å². The average Bonchev–Trinajstić information content (AvgIpc) is 3.14. The Labute approximate surface area is 283 Å². The Morgan fingerprint density at radius 1 is 0.500 bits per heavy atom. The van der Waals surface area contributed by atoms with E-state index >= 15 is 0 Å². The van der Waals surface area contributed by atoms with Crippen LogP contribution in [0.1, 0.15) is 29.5 Å². The summed E-state index contributed by atoms with van der Waals surface area (Å²) in [7, 11) is 1.71. The molecule has 0 amide bonds. The molecule has 0 aromatic heterocycles. The average molecular weight is 619 g/mol. The van der Waals surface area contributed by atoms with Crippen LogP contribution >= 0.6 is 0 Å². The highest BCUT2D eigenvalue weighted by molar-refractivity contribution is 6.21. The molecule has 1 nitrogen and oxygen atoms in total. The first-order valence-electron chi connectivity index (χ1n) is 16.8. The van der Waals surface area contributed by atoms with Crippen molar-refractivity contribution < 1.29 is 4.74 Å². The predicted octanol–water partition coefficient (Wildman–Crippen LogP) is 12.8. The van der Waals surface area contributed by atoms with Crippen molar-refractivity contribution in [3.63, 3.8) is 0 Å². The summed E-state index contributed by atoms with van der Waals surface area (Å²) in [6, 6.07) is 57.7. The summed E-state index contributed by atoms with van der Waals surface area (Å²) in [4.78, 5) is 0. The number of rotatable bonds is 7. The molecule has 0 saturated carbocycles. The Bertz CT molecular complexity index is 2380. The highest BCUT2D eigenvalue weighted by atomic mass is 16.5. The maximum Gasteiger partial charge on any atom is 0.118 e. The maximum absolute atomic E-state index is 5.46. The molecule has 48 heavy (non-hydrogen) atoms. The van der Waals surface area contributed by atoms with Crippen LogP contribution in [-0.4, -0.2) is 7.11 Å². The molecule has 1 unspecified atom stereocenters. The van der Waals surface area contributed by atoms with Crippen LogP contribution in [0.5, 0.6) is 5.75 Å². The normalized spacial score (nSPS) is 12.1. The van der Waals surface area contributed by atoms with Gasteiger partial charge in [0.05, 0.1) is 7.11 Å². The SMILES string of the molecule is COc1ccc(-c2c3ccccc3c(-c3ccc4cc(C(C)Cc5ccccc5-c5ccccc5C)ccc4c3)c3ccccc23)cc1. The molecule has 8 rings (SSSR count). The molecule has 0 heterocycles. The van der Waals surface area contributed by atoms with Gasteiger partial charge in [-0.2, -0.15) is 0 Å². The van der Waals surface area contributed by atoms with Gasteiger partial charge in [0.1, 0.15) is 5.75 Å². The monoisotopic (exact) mass is 618 g/mol. The van der Waals surface area contributed by atoms with Crippen LogP contribution in [0.4, 0.5) is 0 Å². The fourth-order valence-electron chi connectivity index (χ4n) is 7.52. The van der Waals surface area contributed by atoms with E-state index in [1.54, 1.807) is 7.11 Å². The lowest BCUT2D eigenvalue weighted by molar-refractivity contribution is 0.415. The number of methoxy groups -OCH3 is 1. The van der Waals surface area contributed by atoms with Crippen molar-refractivity contribution in [2.45, 2.75) is 26.2 Å². The zero-order valence-electron chi connectivity index (χ0n) is 27.7. The zero-order valence-corrected chi connectivity index (χ0v) is 27.7. The van der Waals surface area contributed by atoms with Gasteiger partial charge in [-0.25, -0.2) is 0 Å². The van der Waals surface area contributed by atoms with E-state index in [1.165, 1.54) is 82.4 Å². The maximum atomic E-state index is 5.46. The zero-order chi connectivity index (χ0) is 32.6. The highest BCUT2D eigenvalue weighted by Gasteiger charge is 2.17. The third-order valence-electron chi connectivity index (χ3n) is 10.0. The first-order valence-corrected chi connectivity index (χ1v) is 16.8. The van der Waals surface area contributed by atoms with Crippen molar-refractivity contribution in [1.82, 2.24) is 0 Å². The first kappa shape index (κ1) is 29.7. The number of fused-ring (bicyclic) bond motifs is 3. The highest BCUT2D eigenvalue weighted by Crippen LogP contribution is 2.44. The van der Waals surface area contributed by atoms with E-state index in [0.717, 1.165) is 12.2 Å². The molecule has 0 bridgehead atoms. The molecule has 0 radical (unpaired) electrons. The van der Waals surface area contributed by atoms with E-state index < -0.39 is 0 Å². The molecule has 0 saturated heterocycles. The molecule has 0 fully saturated rings. The summed E-state index contributed by atoms with van der Waals surface area (Å²) >= 11 is 0. The largest absolute Gasteiger partial charge is 0.497 e. The second kappa shape index (κ2) is 12.5. The summed E-state index contributed by atoms with van der Waals surface area (Å²) < 4.78 is 5.46. The summed E-state index contributed by atoms with van der Waals surface area (Å²) in [5.41, 5.74) is 11.7. The second-order valence-corrected chi connectivity index (χ2v) is 13.0. The van der Waals surface area contributed by atoms with Crippen molar-refractivity contribution in [1.29, 1.82) is 0 Å². The predicted molar refractivity (Wildman–Crippen MR) is 205 cm³/mol. The molecule has 1 atom stereocenters. The third-order valence-corrected chi connectivity index (χ3v) is 10.0. The van der Waals surface area contributed by atoms with Crippen LogP contribution in [0, 0.1) is 6.92 Å². The molecule has 8 aromatic rings. The molecule has 0 aliphatic carbocycles. The smallest absolute Gasteiger partial charge is 0.118 e. The summed E-state index contributed by atoms with van der Waals surface area (Å²) in [5.74, 6) is 1.25. The van der Waals surface area contributed by atoms with Crippen molar-refractivity contribution in [3.05, 3.63) is 174 Å². The van der Waals surface area contributed by atoms with Gasteiger partial charge in [-0.15, -0.1) is 0 Å². The van der Waals surface area contributed by atoms with Gasteiger partial charge < -0.3 is 4.74 Å². The number of ether oxygens (including phenoxy) is 1. The van der Waals surface area contributed by atoms with Crippen molar-refractivity contribution in [3.8, 4) is 39.1 Å². The lowest BCUT2D eigenvalue weighted by Gasteiger charge is -2.19. The lowest BCUT2D eigenvalue weighted by atomic mass is 9.85. The van der Waals surface area contributed by atoms with Crippen LogP contribution in [0.3, 0.4) is 0 Å². The fourth-order valence-corrected chi connectivity index (χ4v) is 7.52. The molecule has 0 aliphatic rings. The van der Waals surface area contributed by atoms with Crippen molar-refractivity contribution in [2.75, 3.05) is 7.11 Å². The molecular weight excluding hydrogens is 581 g/mol. The third kappa shape index (κ3) is 5.32. The van der Waals surface area contributed by atoms with Crippen LogP contribution in [-0.2, 0) is 6.42 Å². The standard InChI is InChI=1S/C47H38O/c1-31-12-4-6-14-40(31)41-15-7-5-13-37(41)28-32(2)34-20-21-36-30-38(23-22-35(36)29-34)47-44-18-10-8-16-42(44)46(43-17-9-11-19-45(43)47)33-24-26-39(48-3)27-25-33/h4-27,29-30,32H,28H2,1-3H3. The van der Waals surface area contributed by atoms with Crippen LogP contribution < -0.4 is 4.74 Å². The topological polar surface area (TPSA) is 9.23 Å². The van der Waals surface area contributed by atoms with Crippen LogP contribution in [0.15, 0.2) is 158 Å². The number of hydrogen-bond acceptors (Lipinski definition) is 1. The summed E-state index contributed by atoms with van der Waals surface area (Å²) in [6.07, 6.45) is 0.993. The van der Waals surface area contributed by atoms with Gasteiger partial charge in [0.2, 0.25) is 0 Å². The van der Waals surface area contributed by atoms with Gasteiger partial charge in [-0.3, -0.25) is 0 Å². The molecular formula is C47H38O. The fraction of sp³-hybridized carbons (Fsp3) is 0.106. The number of aryl methyl sites for hydroxylation is 1. The van der Waals surface area contributed by atoms with Crippen molar-refractivity contribution in [2.24, 2.45) is 0 Å². The summed E-state index contributed by atoms with van der Waals surface area (Å²) in [6.45, 7) is 4.56. The number of benzene rings is 8. The minimum atomic E-state index is 0.387. The van der Waals surface area contributed by atoms with Gasteiger partial charge in [-0.1, -0.05) is 146 Å². The Morgan fingerprint density at radius 3 is 1.67 bits per heavy atom. The van der Waals surface area contributed by atoms with E-state index in [2.05, 4.69) is 159 Å². The van der Waals surface area contributed by atoms with E-state index in [-0.39, 0.29) is 0 Å². The molecule has 0 aliphatic heterocycles. The number of hydrogen-bond donors (Lipinski definition) is 0. The minimum absolute atomic E-state index is 0.387. The van der Waals surface area contributed by atoms with E-state index in [0.29, 0.717) is 5.92 Å². The van der Waals surface area contributed by atoms with Gasteiger partial charge in [-0.05, 0) is 120 Å². The first-order chi connectivity index (χ1) is 23.6. The van der Waals surface area contributed by atoms with Crippen molar-refractivity contribution >= 4 is 32.3 Å². The van der Waals surface area contributed by atoms with Gasteiger partial charge in [0, 0.05) is 0 Å².